The average molecular weight is 168 g/mol. The van der Waals surface area contributed by atoms with Gasteiger partial charge in [-0.2, -0.15) is 0 Å². The standard InChI is InChI=1S/C8H12N2O2/c1-5(2)3-6-4-9-8(12)10-7(6)11/h4-5H,3H2,1-2H3,(H2,9,10,11,12). The Bertz CT molecular complexity index is 362. The van der Waals surface area contributed by atoms with Crippen LogP contribution in [0.5, 0.6) is 0 Å². The summed E-state index contributed by atoms with van der Waals surface area (Å²) in [5.41, 5.74) is -0.107. The molecule has 1 aromatic heterocycles. The summed E-state index contributed by atoms with van der Waals surface area (Å²) in [5.74, 6) is 0.414. The molecule has 0 saturated carbocycles. The van der Waals surface area contributed by atoms with E-state index in [2.05, 4.69) is 9.97 Å². The largest absolute Gasteiger partial charge is 0.325 e. The molecule has 4 heteroatoms. The van der Waals surface area contributed by atoms with E-state index in [0.717, 1.165) is 0 Å². The highest BCUT2D eigenvalue weighted by molar-refractivity contribution is 5.03. The van der Waals surface area contributed by atoms with Gasteiger partial charge in [-0.3, -0.25) is 9.78 Å². The molecule has 0 unspecified atom stereocenters. The highest BCUT2D eigenvalue weighted by Crippen LogP contribution is 1.99. The maximum absolute atomic E-state index is 11.1. The molecule has 0 bridgehead atoms. The number of H-pyrrole nitrogens is 2. The maximum atomic E-state index is 11.1. The third-order valence-corrected chi connectivity index (χ3v) is 1.52. The minimum atomic E-state index is -0.451. The highest BCUT2D eigenvalue weighted by Gasteiger charge is 2.01. The van der Waals surface area contributed by atoms with Crippen molar-refractivity contribution in [3.63, 3.8) is 0 Å². The Morgan fingerprint density at radius 2 is 2.08 bits per heavy atom. The lowest BCUT2D eigenvalue weighted by Gasteiger charge is -2.01. The van der Waals surface area contributed by atoms with Gasteiger partial charge in [0, 0.05) is 11.8 Å². The van der Waals surface area contributed by atoms with Crippen LogP contribution in [-0.2, 0) is 6.42 Å². The molecule has 0 saturated heterocycles. The van der Waals surface area contributed by atoms with Crippen molar-refractivity contribution in [1.29, 1.82) is 0 Å². The highest BCUT2D eigenvalue weighted by atomic mass is 16.2. The lowest BCUT2D eigenvalue weighted by molar-refractivity contribution is 0.638. The summed E-state index contributed by atoms with van der Waals surface area (Å²) >= 11 is 0. The summed E-state index contributed by atoms with van der Waals surface area (Å²) in [6.07, 6.45) is 2.16. The van der Waals surface area contributed by atoms with Crippen molar-refractivity contribution in [1.82, 2.24) is 9.97 Å². The van der Waals surface area contributed by atoms with Crippen molar-refractivity contribution in [3.05, 3.63) is 32.6 Å². The van der Waals surface area contributed by atoms with Crippen molar-refractivity contribution >= 4 is 0 Å². The molecular formula is C8H12N2O2. The van der Waals surface area contributed by atoms with E-state index in [1.807, 2.05) is 13.8 Å². The first-order valence-corrected chi connectivity index (χ1v) is 3.90. The van der Waals surface area contributed by atoms with Crippen molar-refractivity contribution in [2.45, 2.75) is 20.3 Å². The Morgan fingerprint density at radius 3 is 2.58 bits per heavy atom. The molecule has 0 aliphatic carbocycles. The number of hydrogen-bond donors (Lipinski definition) is 2. The van der Waals surface area contributed by atoms with E-state index in [0.29, 0.717) is 17.9 Å². The van der Waals surface area contributed by atoms with E-state index >= 15 is 0 Å². The summed E-state index contributed by atoms with van der Waals surface area (Å²) < 4.78 is 0. The van der Waals surface area contributed by atoms with Crippen molar-refractivity contribution in [2.24, 2.45) is 5.92 Å². The number of nitrogens with one attached hydrogen (secondary N) is 2. The van der Waals surface area contributed by atoms with Gasteiger partial charge in [0.05, 0.1) is 0 Å². The molecule has 0 aliphatic rings. The zero-order chi connectivity index (χ0) is 9.14. The Hall–Kier alpha value is -1.32. The van der Waals surface area contributed by atoms with Gasteiger partial charge in [-0.25, -0.2) is 4.79 Å². The molecule has 1 aromatic rings. The second-order valence-electron chi connectivity index (χ2n) is 3.20. The summed E-state index contributed by atoms with van der Waals surface area (Å²) in [6.45, 7) is 4.04. The first-order chi connectivity index (χ1) is 5.59. The van der Waals surface area contributed by atoms with Gasteiger partial charge >= 0.3 is 5.69 Å². The lowest BCUT2D eigenvalue weighted by atomic mass is 10.1. The van der Waals surface area contributed by atoms with E-state index in [-0.39, 0.29) is 5.56 Å². The Balaban J connectivity index is 3.02. The van der Waals surface area contributed by atoms with Crippen LogP contribution in [0.4, 0.5) is 0 Å². The van der Waals surface area contributed by atoms with Crippen LogP contribution in [-0.4, -0.2) is 9.97 Å². The molecule has 2 N–H and O–H groups in total. The number of aromatic nitrogens is 2. The van der Waals surface area contributed by atoms with Gasteiger partial charge in [-0.15, -0.1) is 0 Å². The summed E-state index contributed by atoms with van der Waals surface area (Å²) in [4.78, 5) is 26.3. The van der Waals surface area contributed by atoms with Gasteiger partial charge in [0.2, 0.25) is 0 Å². The van der Waals surface area contributed by atoms with Crippen LogP contribution in [0.3, 0.4) is 0 Å². The molecule has 0 atom stereocenters. The van der Waals surface area contributed by atoms with Crippen LogP contribution in [0, 0.1) is 5.92 Å². The maximum Gasteiger partial charge on any atom is 0.325 e. The van der Waals surface area contributed by atoms with Crippen molar-refractivity contribution in [3.8, 4) is 0 Å². The smallest absolute Gasteiger partial charge is 0.314 e. The second kappa shape index (κ2) is 3.38. The molecule has 12 heavy (non-hydrogen) atoms. The summed E-state index contributed by atoms with van der Waals surface area (Å²) in [5, 5.41) is 0. The topological polar surface area (TPSA) is 65.7 Å². The number of rotatable bonds is 2. The third kappa shape index (κ3) is 2.08. The average Bonchev–Trinajstić information content (AvgIpc) is 1.94. The van der Waals surface area contributed by atoms with Gasteiger partial charge in [0.1, 0.15) is 0 Å². The molecule has 4 nitrogen and oxygen atoms in total. The molecule has 0 fully saturated rings. The van der Waals surface area contributed by atoms with Gasteiger partial charge in [0.15, 0.2) is 0 Å². The number of aromatic amines is 2. The van der Waals surface area contributed by atoms with Crippen LogP contribution in [0.1, 0.15) is 19.4 Å². The molecule has 0 spiro atoms. The van der Waals surface area contributed by atoms with E-state index in [9.17, 15) is 9.59 Å². The van der Waals surface area contributed by atoms with Crippen LogP contribution in [0.25, 0.3) is 0 Å². The van der Waals surface area contributed by atoms with Crippen LogP contribution >= 0.6 is 0 Å². The zero-order valence-corrected chi connectivity index (χ0v) is 7.18. The summed E-state index contributed by atoms with van der Waals surface area (Å²) in [6, 6.07) is 0. The third-order valence-electron chi connectivity index (χ3n) is 1.52. The minimum Gasteiger partial charge on any atom is -0.314 e. The van der Waals surface area contributed by atoms with E-state index in [1.165, 1.54) is 6.20 Å². The zero-order valence-electron chi connectivity index (χ0n) is 7.18. The van der Waals surface area contributed by atoms with Crippen LogP contribution in [0.2, 0.25) is 0 Å². The van der Waals surface area contributed by atoms with Crippen molar-refractivity contribution < 1.29 is 0 Å². The molecule has 1 rings (SSSR count). The Kier molecular flexibility index (Phi) is 2.47. The predicted molar refractivity (Wildman–Crippen MR) is 46.2 cm³/mol. The first-order valence-electron chi connectivity index (χ1n) is 3.90. The van der Waals surface area contributed by atoms with E-state index < -0.39 is 5.69 Å². The quantitative estimate of drug-likeness (QED) is 0.665. The SMILES string of the molecule is CC(C)Cc1c[nH]c(=O)[nH]c1=O. The fraction of sp³-hybridized carbons (Fsp3) is 0.500. The van der Waals surface area contributed by atoms with Gasteiger partial charge in [-0.1, -0.05) is 13.8 Å². The van der Waals surface area contributed by atoms with Crippen molar-refractivity contribution in [2.75, 3.05) is 0 Å². The lowest BCUT2D eigenvalue weighted by Crippen LogP contribution is -2.25. The second-order valence-corrected chi connectivity index (χ2v) is 3.20. The monoisotopic (exact) mass is 168 g/mol. The Labute approximate surface area is 69.7 Å². The van der Waals surface area contributed by atoms with Crippen LogP contribution in [0.15, 0.2) is 15.8 Å². The predicted octanol–water partition coefficient (Wildman–Crippen LogP) is 0.262. The molecule has 66 valence electrons. The van der Waals surface area contributed by atoms with Gasteiger partial charge in [-0.05, 0) is 12.3 Å². The fourth-order valence-electron chi connectivity index (χ4n) is 1.03. The minimum absolute atomic E-state index is 0.285. The molecule has 0 aliphatic heterocycles. The molecular weight excluding hydrogens is 156 g/mol. The normalized spacial score (nSPS) is 10.6. The molecule has 0 radical (unpaired) electrons. The molecule has 0 aromatic carbocycles. The number of hydrogen-bond acceptors (Lipinski definition) is 2. The van der Waals surface area contributed by atoms with Gasteiger partial charge < -0.3 is 4.98 Å². The fourth-order valence-corrected chi connectivity index (χ4v) is 1.03. The van der Waals surface area contributed by atoms with Crippen LogP contribution < -0.4 is 11.2 Å². The summed E-state index contributed by atoms with van der Waals surface area (Å²) in [7, 11) is 0. The first kappa shape index (κ1) is 8.77. The Morgan fingerprint density at radius 1 is 1.42 bits per heavy atom. The molecule has 0 amide bonds. The van der Waals surface area contributed by atoms with Gasteiger partial charge in [0.25, 0.3) is 5.56 Å². The molecule has 1 heterocycles. The van der Waals surface area contributed by atoms with E-state index in [1.54, 1.807) is 0 Å². The van der Waals surface area contributed by atoms with E-state index in [4.69, 9.17) is 0 Å².